The van der Waals surface area contributed by atoms with Gasteiger partial charge in [0.15, 0.2) is 6.73 Å². The van der Waals surface area contributed by atoms with Crippen LogP contribution in [0.3, 0.4) is 0 Å². The zero-order valence-corrected chi connectivity index (χ0v) is 37.8. The van der Waals surface area contributed by atoms with Gasteiger partial charge < -0.3 is 29.4 Å². The molecule has 4 heterocycles. The number of benzene rings is 3. The molecule has 5 aromatic rings. The first kappa shape index (κ1) is 44.2. The SMILES string of the molecule is Cc1cc(S(=O)(=O)NC(=O)c2ccc(N3CCN(CC4=C(c5ccc(Cl)cc5)CC(C)(C)CC4)CC3)cc2Oc2cnc3[nH]ccc3c2)ccc1NCOC(=O)C1CCOC(C)C1. The lowest BCUT2D eigenvalue weighted by Gasteiger charge is -2.39. The summed E-state index contributed by atoms with van der Waals surface area (Å²) in [5.74, 6) is -0.764. The molecule has 3 aromatic carbocycles. The minimum Gasteiger partial charge on any atom is -0.455 e. The van der Waals surface area contributed by atoms with E-state index in [0.717, 1.165) is 68.1 Å². The van der Waals surface area contributed by atoms with Crippen molar-refractivity contribution in [3.8, 4) is 11.5 Å². The first-order valence-corrected chi connectivity index (χ1v) is 23.4. The van der Waals surface area contributed by atoms with Gasteiger partial charge in [-0.1, -0.05) is 43.2 Å². The monoisotopic (exact) mass is 894 g/mol. The van der Waals surface area contributed by atoms with Gasteiger partial charge in [0.1, 0.15) is 17.1 Å². The summed E-state index contributed by atoms with van der Waals surface area (Å²) in [4.78, 5) is 38.7. The number of piperazine rings is 1. The van der Waals surface area contributed by atoms with Crippen molar-refractivity contribution in [2.75, 3.05) is 56.3 Å². The second-order valence-electron chi connectivity index (χ2n) is 17.7. The minimum atomic E-state index is -4.31. The highest BCUT2D eigenvalue weighted by atomic mass is 35.5. The molecule has 0 bridgehead atoms. The molecule has 332 valence electrons. The van der Waals surface area contributed by atoms with E-state index in [0.29, 0.717) is 42.1 Å². The van der Waals surface area contributed by atoms with Crippen molar-refractivity contribution in [1.82, 2.24) is 19.6 Å². The number of hydrogen-bond acceptors (Lipinski definition) is 11. The van der Waals surface area contributed by atoms with Crippen molar-refractivity contribution in [1.29, 1.82) is 0 Å². The van der Waals surface area contributed by atoms with E-state index in [1.165, 1.54) is 28.8 Å². The summed E-state index contributed by atoms with van der Waals surface area (Å²) in [6, 6.07) is 21.6. The van der Waals surface area contributed by atoms with Crippen LogP contribution in [0, 0.1) is 18.3 Å². The number of hydrogen-bond donors (Lipinski definition) is 3. The van der Waals surface area contributed by atoms with Crippen LogP contribution in [0.2, 0.25) is 5.02 Å². The number of aromatic amines is 1. The number of anilines is 2. The van der Waals surface area contributed by atoms with Crippen LogP contribution in [-0.4, -0.2) is 87.3 Å². The highest BCUT2D eigenvalue weighted by Crippen LogP contribution is 2.43. The Morgan fingerprint density at radius 2 is 1.81 bits per heavy atom. The van der Waals surface area contributed by atoms with E-state index < -0.39 is 15.9 Å². The predicted octanol–water partition coefficient (Wildman–Crippen LogP) is 8.95. The Morgan fingerprint density at radius 1 is 1.02 bits per heavy atom. The largest absolute Gasteiger partial charge is 0.455 e. The van der Waals surface area contributed by atoms with Gasteiger partial charge in [0.25, 0.3) is 15.9 Å². The summed E-state index contributed by atoms with van der Waals surface area (Å²) >= 11 is 6.25. The molecule has 3 N–H and O–H groups in total. The lowest BCUT2D eigenvalue weighted by Crippen LogP contribution is -2.47. The number of halogens is 1. The van der Waals surface area contributed by atoms with Gasteiger partial charge in [-0.15, -0.1) is 0 Å². The molecule has 1 aliphatic carbocycles. The minimum absolute atomic E-state index is 0.00313. The number of ether oxygens (including phenoxy) is 3. The average molecular weight is 896 g/mol. The Hall–Kier alpha value is -5.41. The van der Waals surface area contributed by atoms with Crippen LogP contribution in [0.1, 0.15) is 74.4 Å². The van der Waals surface area contributed by atoms with Gasteiger partial charge in [0, 0.05) is 73.4 Å². The number of amides is 1. The first-order valence-electron chi connectivity index (χ1n) is 21.6. The number of esters is 1. The third kappa shape index (κ3) is 10.7. The number of carbonyl (C=O) groups excluding carboxylic acids is 2. The lowest BCUT2D eigenvalue weighted by atomic mass is 9.72. The van der Waals surface area contributed by atoms with E-state index in [4.69, 9.17) is 25.8 Å². The Morgan fingerprint density at radius 3 is 2.57 bits per heavy atom. The van der Waals surface area contributed by atoms with E-state index >= 15 is 0 Å². The number of nitrogens with zero attached hydrogens (tertiary/aromatic N) is 3. The summed E-state index contributed by atoms with van der Waals surface area (Å²) in [6.45, 7) is 12.9. The third-order valence-electron chi connectivity index (χ3n) is 12.4. The highest BCUT2D eigenvalue weighted by Gasteiger charge is 2.31. The molecule has 1 amide bonds. The third-order valence-corrected chi connectivity index (χ3v) is 14.0. The van der Waals surface area contributed by atoms with Crippen LogP contribution in [-0.2, 0) is 24.3 Å². The van der Waals surface area contributed by atoms with Crippen LogP contribution in [0.4, 0.5) is 11.4 Å². The van der Waals surface area contributed by atoms with Gasteiger partial charge in [0.2, 0.25) is 0 Å². The fourth-order valence-corrected chi connectivity index (χ4v) is 9.91. The fraction of sp³-hybridized carbons (Fsp3) is 0.396. The van der Waals surface area contributed by atoms with Crippen LogP contribution in [0.25, 0.3) is 16.6 Å². The van der Waals surface area contributed by atoms with E-state index in [2.05, 4.69) is 55.8 Å². The standard InChI is InChI=1S/C48H55ClN6O7S/c1-31-23-40(10-12-43(31)52-30-61-47(57)35-15-22-60-32(2)24-35)63(58,59)53-46(56)41-11-9-38(26-44(41)62-39-25-34-14-17-50-45(34)51-28-39)55-20-18-54(19-21-55)29-36-13-16-48(3,4)27-42(36)33-5-7-37(49)8-6-33/h5-12,14,17,23,25-26,28,32,35,52H,13,15-16,18-22,24,27,29-30H2,1-4H3,(H,50,51)(H,53,56). The van der Waals surface area contributed by atoms with Gasteiger partial charge in [-0.2, -0.15) is 0 Å². The predicted molar refractivity (Wildman–Crippen MR) is 246 cm³/mol. The topological polar surface area (TPSA) is 155 Å². The fourth-order valence-electron chi connectivity index (χ4n) is 8.73. The molecule has 2 aromatic heterocycles. The number of sulfonamides is 1. The number of aryl methyl sites for hydroxylation is 1. The molecule has 2 fully saturated rings. The molecule has 0 radical (unpaired) electrons. The van der Waals surface area contributed by atoms with Gasteiger partial charge in [-0.25, -0.2) is 18.1 Å². The molecular formula is C48H55ClN6O7S. The van der Waals surface area contributed by atoms with Gasteiger partial charge >= 0.3 is 5.97 Å². The molecule has 0 spiro atoms. The number of fused-ring (bicyclic) bond motifs is 1. The maximum absolute atomic E-state index is 13.9. The lowest BCUT2D eigenvalue weighted by molar-refractivity contribution is -0.152. The van der Waals surface area contributed by atoms with Gasteiger partial charge in [0.05, 0.1) is 28.7 Å². The van der Waals surface area contributed by atoms with Crippen molar-refractivity contribution < 1.29 is 32.2 Å². The Balaban J connectivity index is 0.958. The molecule has 2 saturated heterocycles. The van der Waals surface area contributed by atoms with Crippen LogP contribution in [0.5, 0.6) is 11.5 Å². The van der Waals surface area contributed by atoms with Crippen molar-refractivity contribution >= 4 is 61.5 Å². The second-order valence-corrected chi connectivity index (χ2v) is 19.8. The first-order chi connectivity index (χ1) is 30.2. The van der Waals surface area contributed by atoms with Crippen LogP contribution in [0.15, 0.2) is 95.7 Å². The zero-order valence-electron chi connectivity index (χ0n) is 36.2. The van der Waals surface area contributed by atoms with Crippen LogP contribution >= 0.6 is 11.6 Å². The Bertz CT molecular complexity index is 2620. The maximum atomic E-state index is 13.9. The summed E-state index contributed by atoms with van der Waals surface area (Å²) in [5, 5.41) is 4.61. The molecule has 8 rings (SSSR count). The number of nitrogens with one attached hydrogen (secondary N) is 3. The molecule has 63 heavy (non-hydrogen) atoms. The molecule has 15 heteroatoms. The smallest absolute Gasteiger partial charge is 0.310 e. The number of rotatable bonds is 13. The van der Waals surface area contributed by atoms with Crippen LogP contribution < -0.4 is 19.7 Å². The number of carbonyl (C=O) groups is 2. The Kier molecular flexibility index (Phi) is 13.2. The quantitative estimate of drug-likeness (QED) is 0.0767. The van der Waals surface area contributed by atoms with Gasteiger partial charge in [-0.05, 0) is 123 Å². The van der Waals surface area contributed by atoms with E-state index in [-0.39, 0.29) is 46.3 Å². The maximum Gasteiger partial charge on any atom is 0.310 e. The summed E-state index contributed by atoms with van der Waals surface area (Å²) in [7, 11) is -4.31. The highest BCUT2D eigenvalue weighted by molar-refractivity contribution is 7.90. The van der Waals surface area contributed by atoms with E-state index in [1.54, 1.807) is 37.5 Å². The molecule has 2 unspecified atom stereocenters. The summed E-state index contributed by atoms with van der Waals surface area (Å²) < 4.78 is 47.0. The van der Waals surface area contributed by atoms with Crippen molar-refractivity contribution in [2.24, 2.45) is 11.3 Å². The molecule has 2 atom stereocenters. The molecular weight excluding hydrogens is 840 g/mol. The molecule has 2 aliphatic heterocycles. The molecule has 0 saturated carbocycles. The zero-order chi connectivity index (χ0) is 44.3. The van der Waals surface area contributed by atoms with E-state index in [1.807, 2.05) is 37.3 Å². The summed E-state index contributed by atoms with van der Waals surface area (Å²) in [5.41, 5.74) is 7.16. The number of aromatic nitrogens is 2. The summed E-state index contributed by atoms with van der Waals surface area (Å²) in [6.07, 6.45) is 7.81. The number of pyridine rings is 1. The number of allylic oxidation sites excluding steroid dienone is 1. The second kappa shape index (κ2) is 18.7. The molecule has 3 aliphatic rings. The van der Waals surface area contributed by atoms with Gasteiger partial charge in [-0.3, -0.25) is 14.5 Å². The normalized spacial score (nSPS) is 19.5. The number of H-pyrrole nitrogens is 1. The van der Waals surface area contributed by atoms with Crippen molar-refractivity contribution in [2.45, 2.75) is 70.8 Å². The Labute approximate surface area is 374 Å². The van der Waals surface area contributed by atoms with Crippen molar-refractivity contribution in [3.05, 3.63) is 112 Å². The molecule has 13 nitrogen and oxygen atoms in total. The van der Waals surface area contributed by atoms with Crippen molar-refractivity contribution in [3.63, 3.8) is 0 Å². The van der Waals surface area contributed by atoms with E-state index in [9.17, 15) is 18.0 Å². The average Bonchev–Trinajstić information content (AvgIpc) is 3.73.